The molecular weight excluding hydrogens is 777 g/mol. The van der Waals surface area contributed by atoms with Gasteiger partial charge in [-0.05, 0) is 47.5 Å². The molecule has 2 unspecified atom stereocenters. The zero-order chi connectivity index (χ0) is 40.0. The first-order valence-electron chi connectivity index (χ1n) is 16.0. The van der Waals surface area contributed by atoms with Crippen molar-refractivity contribution in [2.45, 2.75) is 24.6 Å². The van der Waals surface area contributed by atoms with Gasteiger partial charge in [0.15, 0.2) is 0 Å². The smallest absolute Gasteiger partial charge is 0.356 e. The maximum atomic E-state index is 13.6. The Hall–Kier alpha value is -5.64. The molecule has 4 aromatic carbocycles. The van der Waals surface area contributed by atoms with Crippen molar-refractivity contribution in [3.05, 3.63) is 195 Å². The first-order chi connectivity index (χ1) is 25.9. The van der Waals surface area contributed by atoms with Crippen molar-refractivity contribution >= 4 is 23.2 Å². The second-order valence-electron chi connectivity index (χ2n) is 12.2. The van der Waals surface area contributed by atoms with E-state index in [1.165, 1.54) is 36.4 Å². The van der Waals surface area contributed by atoms with Gasteiger partial charge in [-0.1, -0.05) is 83.9 Å². The van der Waals surface area contributed by atoms with Gasteiger partial charge in [0, 0.05) is 47.4 Å². The summed E-state index contributed by atoms with van der Waals surface area (Å²) in [6.45, 7) is 0. The molecular formula is C38H26Cl2F6N4O5. The molecule has 0 amide bonds. The zero-order valence-corrected chi connectivity index (χ0v) is 29.9. The van der Waals surface area contributed by atoms with E-state index in [1.54, 1.807) is 60.7 Å². The van der Waals surface area contributed by atoms with Crippen molar-refractivity contribution in [1.29, 1.82) is 0 Å². The molecule has 2 atom stereocenters. The second-order valence-corrected chi connectivity index (χ2v) is 13.0. The Morgan fingerprint density at radius 1 is 0.527 bits per heavy atom. The SMILES string of the molecule is Cn1c(C(F)(F)F)cc(=O)n(-c2ccc(Cl)c(C(OC(c3ccccc3)c3cc(-n4c(=O)cc(C(F)(F)F)n(C)c4=O)ccc3Cl)c3ccccc3)c2)c1=O. The Morgan fingerprint density at radius 3 is 1.20 bits per heavy atom. The van der Waals surface area contributed by atoms with Gasteiger partial charge in [0.25, 0.3) is 11.1 Å². The van der Waals surface area contributed by atoms with Crippen LogP contribution in [0.2, 0.25) is 10.0 Å². The Labute approximate surface area is 316 Å². The van der Waals surface area contributed by atoms with Crippen molar-refractivity contribution in [3.8, 4) is 11.4 Å². The van der Waals surface area contributed by atoms with Crippen molar-refractivity contribution in [3.63, 3.8) is 0 Å². The average Bonchev–Trinajstić information content (AvgIpc) is 3.13. The van der Waals surface area contributed by atoms with Gasteiger partial charge in [-0.25, -0.2) is 18.7 Å². The third-order valence-corrected chi connectivity index (χ3v) is 9.43. The van der Waals surface area contributed by atoms with E-state index >= 15 is 0 Å². The Bertz CT molecular complexity index is 2470. The lowest BCUT2D eigenvalue weighted by atomic mass is 9.97. The molecule has 0 aliphatic heterocycles. The van der Waals surface area contributed by atoms with Gasteiger partial charge < -0.3 is 4.74 Å². The van der Waals surface area contributed by atoms with E-state index in [1.807, 2.05) is 0 Å². The molecule has 0 bridgehead atoms. The van der Waals surface area contributed by atoms with E-state index in [4.69, 9.17) is 27.9 Å². The predicted octanol–water partition coefficient (Wildman–Crippen LogP) is 7.63. The van der Waals surface area contributed by atoms with E-state index < -0.39 is 58.4 Å². The van der Waals surface area contributed by atoms with E-state index in [9.17, 15) is 45.5 Å². The average molecular weight is 804 g/mol. The summed E-state index contributed by atoms with van der Waals surface area (Å²) in [7, 11) is 1.76. The summed E-state index contributed by atoms with van der Waals surface area (Å²) < 4.78 is 90.1. The monoisotopic (exact) mass is 802 g/mol. The number of benzene rings is 4. The molecule has 0 radical (unpaired) electrons. The van der Waals surface area contributed by atoms with Gasteiger partial charge in [0.2, 0.25) is 0 Å². The van der Waals surface area contributed by atoms with Crippen LogP contribution in [0.4, 0.5) is 26.3 Å². The Balaban J connectivity index is 1.55. The first-order valence-corrected chi connectivity index (χ1v) is 16.8. The van der Waals surface area contributed by atoms with Crippen molar-refractivity contribution in [1.82, 2.24) is 18.3 Å². The zero-order valence-electron chi connectivity index (χ0n) is 28.4. The quantitative estimate of drug-likeness (QED) is 0.148. The predicted molar refractivity (Wildman–Crippen MR) is 192 cm³/mol. The van der Waals surface area contributed by atoms with E-state index in [-0.39, 0.29) is 32.5 Å². The first kappa shape index (κ1) is 39.1. The fourth-order valence-corrected chi connectivity index (χ4v) is 6.50. The van der Waals surface area contributed by atoms with Crippen molar-refractivity contribution < 1.29 is 31.1 Å². The van der Waals surface area contributed by atoms with Gasteiger partial charge in [-0.2, -0.15) is 26.3 Å². The summed E-state index contributed by atoms with van der Waals surface area (Å²) in [4.78, 5) is 52.5. The Morgan fingerprint density at radius 2 is 0.873 bits per heavy atom. The van der Waals surface area contributed by atoms with Crippen LogP contribution in [-0.4, -0.2) is 18.3 Å². The largest absolute Gasteiger partial charge is 0.431 e. The van der Waals surface area contributed by atoms with Crippen molar-refractivity contribution in [2.24, 2.45) is 14.1 Å². The number of aromatic nitrogens is 4. The minimum Gasteiger partial charge on any atom is -0.356 e. The summed E-state index contributed by atoms with van der Waals surface area (Å²) in [5.74, 6) is 0. The summed E-state index contributed by atoms with van der Waals surface area (Å²) in [6, 6.07) is 25.4. The molecule has 55 heavy (non-hydrogen) atoms. The maximum Gasteiger partial charge on any atom is 0.431 e. The molecule has 2 heterocycles. The molecule has 0 aliphatic rings. The number of hydrogen-bond acceptors (Lipinski definition) is 5. The molecule has 17 heteroatoms. The van der Waals surface area contributed by atoms with Gasteiger partial charge in [0.05, 0.1) is 11.4 Å². The molecule has 0 N–H and O–H groups in total. The minimum absolute atomic E-state index is 0.0702. The fourth-order valence-electron chi connectivity index (χ4n) is 6.07. The highest BCUT2D eigenvalue weighted by Crippen LogP contribution is 2.41. The maximum absolute atomic E-state index is 13.6. The fraction of sp³-hybridized carbons (Fsp3) is 0.158. The highest BCUT2D eigenvalue weighted by molar-refractivity contribution is 6.31. The molecule has 6 aromatic rings. The summed E-state index contributed by atoms with van der Waals surface area (Å²) in [5.41, 5.74) is -6.91. The summed E-state index contributed by atoms with van der Waals surface area (Å²) in [6.07, 6.45) is -12.3. The second kappa shape index (κ2) is 14.9. The minimum atomic E-state index is -4.98. The van der Waals surface area contributed by atoms with Gasteiger partial charge in [-0.3, -0.25) is 18.7 Å². The highest BCUT2D eigenvalue weighted by atomic mass is 35.5. The standard InChI is InChI=1S/C38H26Cl2F6N4O5/c1-47-29(37(41,42)43)19-31(51)49(35(47)53)23-13-15-27(39)25(17-23)33(21-9-5-3-6-10-21)55-34(22-11-7-4-8-12-22)26-18-24(14-16-28(26)40)50-32(52)20-30(38(44,45)46)48(2)36(50)54/h3-20,33-34H,1-2H3. The van der Waals surface area contributed by atoms with Gasteiger partial charge in [0.1, 0.15) is 23.6 Å². The van der Waals surface area contributed by atoms with Crippen LogP contribution >= 0.6 is 23.2 Å². The van der Waals surface area contributed by atoms with Crippen LogP contribution in [0.15, 0.2) is 128 Å². The number of alkyl halides is 6. The normalized spacial score (nSPS) is 13.1. The van der Waals surface area contributed by atoms with Gasteiger partial charge in [-0.15, -0.1) is 0 Å². The molecule has 0 aliphatic carbocycles. The van der Waals surface area contributed by atoms with Crippen LogP contribution in [0.1, 0.15) is 45.8 Å². The van der Waals surface area contributed by atoms with Crippen LogP contribution in [0.25, 0.3) is 11.4 Å². The summed E-state index contributed by atoms with van der Waals surface area (Å²) in [5, 5.41) is 0.140. The molecule has 0 saturated carbocycles. The van der Waals surface area contributed by atoms with Crippen LogP contribution in [-0.2, 0) is 31.2 Å². The summed E-state index contributed by atoms with van der Waals surface area (Å²) >= 11 is 13.5. The van der Waals surface area contributed by atoms with Crippen molar-refractivity contribution in [2.75, 3.05) is 0 Å². The third kappa shape index (κ3) is 7.68. The van der Waals surface area contributed by atoms with E-state index in [0.717, 1.165) is 14.1 Å². The number of nitrogens with zero attached hydrogens (tertiary/aromatic N) is 4. The van der Waals surface area contributed by atoms with E-state index in [0.29, 0.717) is 41.5 Å². The molecule has 2 aromatic heterocycles. The lowest BCUT2D eigenvalue weighted by Crippen LogP contribution is -2.40. The number of ether oxygens (including phenoxy) is 1. The molecule has 6 rings (SSSR count). The molecule has 0 spiro atoms. The third-order valence-electron chi connectivity index (χ3n) is 8.74. The Kier molecular flexibility index (Phi) is 10.6. The van der Waals surface area contributed by atoms with Crippen LogP contribution in [0, 0.1) is 0 Å². The molecule has 0 saturated heterocycles. The van der Waals surface area contributed by atoms with Gasteiger partial charge >= 0.3 is 23.7 Å². The van der Waals surface area contributed by atoms with Crippen LogP contribution < -0.4 is 22.5 Å². The molecule has 0 fully saturated rings. The number of halogens is 8. The lowest BCUT2D eigenvalue weighted by Gasteiger charge is -2.28. The lowest BCUT2D eigenvalue weighted by molar-refractivity contribution is -0.144. The van der Waals surface area contributed by atoms with E-state index in [2.05, 4.69) is 0 Å². The molecule has 9 nitrogen and oxygen atoms in total. The topological polar surface area (TPSA) is 97.2 Å². The van der Waals surface area contributed by atoms with Crippen LogP contribution in [0.5, 0.6) is 0 Å². The number of rotatable bonds is 8. The number of hydrogen-bond donors (Lipinski definition) is 0. The van der Waals surface area contributed by atoms with Crippen LogP contribution in [0.3, 0.4) is 0 Å². The molecule has 284 valence electrons. The highest BCUT2D eigenvalue weighted by Gasteiger charge is 2.36.